The Hall–Kier alpha value is -6.81. The van der Waals surface area contributed by atoms with Crippen molar-refractivity contribution in [1.82, 2.24) is 39.0 Å². The summed E-state index contributed by atoms with van der Waals surface area (Å²) in [4.78, 5) is 25.8. The second kappa shape index (κ2) is 14.4. The molecule has 0 aliphatic heterocycles. The lowest BCUT2D eigenvalue weighted by Crippen LogP contribution is -2.11. The quantitative estimate of drug-likeness (QED) is 0.115. The van der Waals surface area contributed by atoms with Gasteiger partial charge < -0.3 is 22.1 Å². The molecule has 12 nitrogen and oxygen atoms in total. The number of benzene rings is 4. The number of nitrogens with one attached hydrogen (secondary N) is 2. The first-order chi connectivity index (χ1) is 26.9. The maximum absolute atomic E-state index is 14.6. The molecule has 0 saturated heterocycles. The Morgan fingerprint density at radius 1 is 0.643 bits per heavy atom. The number of aromatic nitrogens is 8. The van der Waals surface area contributed by atoms with Crippen molar-refractivity contribution in [3.05, 3.63) is 130 Å². The summed E-state index contributed by atoms with van der Waals surface area (Å²) < 4.78 is 59.7. The van der Waals surface area contributed by atoms with Crippen molar-refractivity contribution < 1.29 is 17.6 Å². The maximum atomic E-state index is 14.6. The summed E-state index contributed by atoms with van der Waals surface area (Å²) in [6, 6.07) is 23.3. The average molecular weight is 779 g/mol. The lowest BCUT2D eigenvalue weighted by molar-refractivity contribution is 0.621. The van der Waals surface area contributed by atoms with Crippen LogP contribution in [-0.4, -0.2) is 39.0 Å². The fraction of sp³-hybridized carbons (Fsp3) is 0.128. The van der Waals surface area contributed by atoms with E-state index in [1.807, 2.05) is 55.5 Å². The van der Waals surface area contributed by atoms with Gasteiger partial charge in [-0.3, -0.25) is 9.13 Å². The topological polar surface area (TPSA) is 163 Å². The lowest BCUT2D eigenvalue weighted by atomic mass is 10.2. The number of aryl methyl sites for hydroxylation is 2. The van der Waals surface area contributed by atoms with Gasteiger partial charge in [0.05, 0.1) is 27.1 Å². The fourth-order valence-corrected chi connectivity index (χ4v) is 6.17. The molecule has 4 aromatic carbocycles. The van der Waals surface area contributed by atoms with E-state index in [1.54, 1.807) is 22.1 Å². The van der Waals surface area contributed by atoms with Gasteiger partial charge in [0, 0.05) is 23.4 Å². The number of rotatable bonds is 7. The number of anilines is 6. The highest BCUT2D eigenvalue weighted by Gasteiger charge is 2.31. The van der Waals surface area contributed by atoms with E-state index in [1.165, 1.54) is 24.3 Å². The minimum absolute atomic E-state index is 0.0297. The Bertz CT molecular complexity index is 2780. The first-order valence-corrected chi connectivity index (χ1v) is 17.7. The summed E-state index contributed by atoms with van der Waals surface area (Å²) in [5, 5.41) is 5.65. The zero-order valence-corrected chi connectivity index (χ0v) is 30.5. The van der Waals surface area contributed by atoms with Crippen LogP contribution in [0.15, 0.2) is 84.9 Å². The van der Waals surface area contributed by atoms with Crippen LogP contribution >= 0.6 is 11.6 Å². The molecule has 0 radical (unpaired) electrons. The molecule has 0 bridgehead atoms. The number of fused-ring (bicyclic) bond motifs is 2. The van der Waals surface area contributed by atoms with Crippen molar-refractivity contribution in [3.63, 3.8) is 0 Å². The van der Waals surface area contributed by atoms with Gasteiger partial charge in [-0.05, 0) is 81.3 Å². The van der Waals surface area contributed by atoms with Crippen LogP contribution in [0.3, 0.4) is 0 Å². The van der Waals surface area contributed by atoms with E-state index < -0.39 is 23.3 Å². The number of nitrogen functional groups attached to an aromatic ring is 2. The zero-order valence-electron chi connectivity index (χ0n) is 29.7. The Labute approximate surface area is 321 Å². The number of nitrogens with two attached hydrogens (primary N) is 2. The summed E-state index contributed by atoms with van der Waals surface area (Å²) in [6.07, 6.45) is 2.05. The number of hydrogen-bond donors (Lipinski definition) is 4. The smallest absolute Gasteiger partial charge is 0.239 e. The largest absolute Gasteiger partial charge is 0.381 e. The number of nitrogens with zero attached hydrogens (tertiary/aromatic N) is 8. The first kappa shape index (κ1) is 36.2. The standard InChI is InChI=1S/C20H15ClF2N6.C19H16F2N6/c21-12-8-7-11(9-13(12)22)25-18-16(23)17(24)27-20(28-18)29-15-4-2-1-3-14(15)26-19(29)10-5-6-10;1-10-3-6-13(7-4-10)24-18-16(21)17(22)25-19(26-18)27-11(2)23-14-9-12(20)5-8-15(14)27/h1-4,7-10H,5-6H2,(H3,24,25,27,28);3-9H,1-2H3,(H3,22,24,25,26). The van der Waals surface area contributed by atoms with Crippen LogP contribution in [-0.2, 0) is 0 Å². The predicted molar refractivity (Wildman–Crippen MR) is 208 cm³/mol. The summed E-state index contributed by atoms with van der Waals surface area (Å²) in [5.74, 6) is -1.39. The molecule has 1 aliphatic carbocycles. The number of imidazole rings is 2. The molecule has 56 heavy (non-hydrogen) atoms. The molecule has 0 spiro atoms. The van der Waals surface area contributed by atoms with Crippen LogP contribution in [0.25, 0.3) is 34.0 Å². The summed E-state index contributed by atoms with van der Waals surface area (Å²) in [6.45, 7) is 3.69. The van der Waals surface area contributed by atoms with Crippen LogP contribution < -0.4 is 22.1 Å². The van der Waals surface area contributed by atoms with Crippen LogP contribution in [0, 0.1) is 37.1 Å². The highest BCUT2D eigenvalue weighted by molar-refractivity contribution is 6.30. The first-order valence-electron chi connectivity index (χ1n) is 17.3. The molecular formula is C39H31ClF4N12. The third kappa shape index (κ3) is 7.09. The summed E-state index contributed by atoms with van der Waals surface area (Å²) >= 11 is 5.71. The molecule has 0 amide bonds. The van der Waals surface area contributed by atoms with Gasteiger partial charge in [-0.15, -0.1) is 0 Å². The summed E-state index contributed by atoms with van der Waals surface area (Å²) in [7, 11) is 0. The summed E-state index contributed by atoms with van der Waals surface area (Å²) in [5.41, 5.74) is 16.3. The molecule has 1 saturated carbocycles. The highest BCUT2D eigenvalue weighted by Crippen LogP contribution is 2.41. The van der Waals surface area contributed by atoms with Crippen LogP contribution in [0.1, 0.15) is 36.0 Å². The molecule has 8 aromatic rings. The van der Waals surface area contributed by atoms with Crippen molar-refractivity contribution in [3.8, 4) is 11.9 Å². The van der Waals surface area contributed by atoms with Gasteiger partial charge in [-0.25, -0.2) is 18.7 Å². The van der Waals surface area contributed by atoms with E-state index >= 15 is 0 Å². The van der Waals surface area contributed by atoms with Crippen molar-refractivity contribution in [2.24, 2.45) is 0 Å². The highest BCUT2D eigenvalue weighted by atomic mass is 35.5. The third-order valence-electron chi connectivity index (χ3n) is 8.94. The van der Waals surface area contributed by atoms with E-state index in [4.69, 9.17) is 28.1 Å². The van der Waals surface area contributed by atoms with E-state index in [-0.39, 0.29) is 45.9 Å². The van der Waals surface area contributed by atoms with Gasteiger partial charge in [0.2, 0.25) is 23.5 Å². The van der Waals surface area contributed by atoms with Gasteiger partial charge in [0.25, 0.3) is 0 Å². The molecule has 9 rings (SSSR count). The molecule has 1 aliphatic rings. The lowest BCUT2D eigenvalue weighted by Gasteiger charge is -2.12. The Kier molecular flexibility index (Phi) is 9.33. The second-order valence-electron chi connectivity index (χ2n) is 13.1. The van der Waals surface area contributed by atoms with Crippen LogP contribution in [0.5, 0.6) is 0 Å². The van der Waals surface area contributed by atoms with Gasteiger partial charge in [-0.2, -0.15) is 28.7 Å². The van der Waals surface area contributed by atoms with Gasteiger partial charge in [0.15, 0.2) is 23.3 Å². The van der Waals surface area contributed by atoms with E-state index in [0.29, 0.717) is 28.5 Å². The molecule has 0 unspecified atom stereocenters. The minimum atomic E-state index is -0.818. The fourth-order valence-electron chi connectivity index (χ4n) is 6.05. The van der Waals surface area contributed by atoms with Crippen LogP contribution in [0.4, 0.5) is 52.2 Å². The van der Waals surface area contributed by atoms with Gasteiger partial charge in [0.1, 0.15) is 23.3 Å². The van der Waals surface area contributed by atoms with Crippen molar-refractivity contribution >= 4 is 68.3 Å². The number of halogens is 5. The zero-order chi connectivity index (χ0) is 39.2. The Morgan fingerprint density at radius 3 is 1.91 bits per heavy atom. The third-order valence-corrected chi connectivity index (χ3v) is 9.25. The predicted octanol–water partition coefficient (Wildman–Crippen LogP) is 8.99. The second-order valence-corrected chi connectivity index (χ2v) is 13.5. The van der Waals surface area contributed by atoms with Crippen molar-refractivity contribution in [2.75, 3.05) is 22.1 Å². The molecule has 4 heterocycles. The molecule has 282 valence electrons. The van der Waals surface area contributed by atoms with Gasteiger partial charge >= 0.3 is 0 Å². The minimum Gasteiger partial charge on any atom is -0.381 e. The van der Waals surface area contributed by atoms with E-state index in [0.717, 1.165) is 41.3 Å². The molecule has 1 fully saturated rings. The monoisotopic (exact) mass is 778 g/mol. The van der Waals surface area contributed by atoms with Crippen molar-refractivity contribution in [2.45, 2.75) is 32.6 Å². The normalized spacial score (nSPS) is 12.5. The Balaban J connectivity index is 0.000000158. The molecule has 0 atom stereocenters. The maximum Gasteiger partial charge on any atom is 0.239 e. The van der Waals surface area contributed by atoms with Crippen molar-refractivity contribution in [1.29, 1.82) is 0 Å². The average Bonchev–Trinajstić information content (AvgIpc) is 3.87. The Morgan fingerprint density at radius 2 is 1.25 bits per heavy atom. The van der Waals surface area contributed by atoms with E-state index in [2.05, 4.69) is 35.6 Å². The SMILES string of the molecule is Cc1ccc(Nc2nc(-n3c(C)nc4cc(F)ccc43)nc(N)c2F)cc1.Nc1nc(-n2c(C3CC3)nc3ccccc32)nc(Nc2ccc(Cl)c(F)c2)c1F. The molecule has 4 aromatic heterocycles. The van der Waals surface area contributed by atoms with E-state index in [9.17, 15) is 17.6 Å². The number of hydrogen-bond acceptors (Lipinski definition) is 10. The molecular weight excluding hydrogens is 748 g/mol. The molecule has 6 N–H and O–H groups in total. The van der Waals surface area contributed by atoms with Gasteiger partial charge in [-0.1, -0.05) is 41.4 Å². The molecule has 17 heteroatoms. The number of para-hydroxylation sites is 2. The van der Waals surface area contributed by atoms with Crippen LogP contribution in [0.2, 0.25) is 5.02 Å².